The standard InChI is InChI=1S/C46H27N3O/c1-2-10-28(11-3-1)29-18-20-31(21-19-29)44-36-24-22-30-12-4-5-13-33(30)45(36)48-46(47-44)49-39-16-8-6-14-34(39)38-26-32-23-25-42-43(37(32)27-40(38)49)35-15-7-9-17-41(35)50-42/h1-27H. The van der Waals surface area contributed by atoms with E-state index in [1.54, 1.807) is 0 Å². The van der Waals surface area contributed by atoms with Crippen molar-refractivity contribution in [1.82, 2.24) is 14.5 Å². The van der Waals surface area contributed by atoms with E-state index in [1.807, 2.05) is 18.2 Å². The molecule has 4 nitrogen and oxygen atoms in total. The zero-order chi connectivity index (χ0) is 32.8. The van der Waals surface area contributed by atoms with Crippen molar-refractivity contribution < 1.29 is 4.42 Å². The van der Waals surface area contributed by atoms with Crippen LogP contribution < -0.4 is 0 Å². The lowest BCUT2D eigenvalue weighted by atomic mass is 9.99. The van der Waals surface area contributed by atoms with E-state index in [4.69, 9.17) is 14.4 Å². The minimum Gasteiger partial charge on any atom is -0.456 e. The van der Waals surface area contributed by atoms with Crippen molar-refractivity contribution >= 4 is 76.2 Å². The first-order chi connectivity index (χ1) is 24.8. The molecule has 0 radical (unpaired) electrons. The maximum Gasteiger partial charge on any atom is 0.235 e. The molecule has 50 heavy (non-hydrogen) atoms. The Morgan fingerprint density at radius 1 is 0.400 bits per heavy atom. The van der Waals surface area contributed by atoms with Crippen LogP contribution in [0.15, 0.2) is 168 Å². The van der Waals surface area contributed by atoms with Crippen molar-refractivity contribution in [2.24, 2.45) is 0 Å². The Kier molecular flexibility index (Phi) is 5.63. The van der Waals surface area contributed by atoms with Gasteiger partial charge in [-0.2, -0.15) is 0 Å². The number of aromatic nitrogens is 3. The van der Waals surface area contributed by atoms with Gasteiger partial charge in [0.1, 0.15) is 11.2 Å². The predicted molar refractivity (Wildman–Crippen MR) is 207 cm³/mol. The Balaban J connectivity index is 1.24. The van der Waals surface area contributed by atoms with Gasteiger partial charge in [-0.3, -0.25) is 4.57 Å². The van der Waals surface area contributed by atoms with Gasteiger partial charge in [-0.15, -0.1) is 0 Å². The molecule has 4 heteroatoms. The molecule has 0 aliphatic carbocycles. The first-order valence-electron chi connectivity index (χ1n) is 16.9. The first kappa shape index (κ1) is 27.2. The maximum absolute atomic E-state index is 6.31. The highest BCUT2D eigenvalue weighted by atomic mass is 16.3. The van der Waals surface area contributed by atoms with Crippen LogP contribution in [0.1, 0.15) is 0 Å². The zero-order valence-corrected chi connectivity index (χ0v) is 26.8. The molecule has 0 atom stereocenters. The van der Waals surface area contributed by atoms with E-state index in [9.17, 15) is 0 Å². The molecule has 11 rings (SSSR count). The average Bonchev–Trinajstić information content (AvgIpc) is 3.73. The molecule has 0 aliphatic heterocycles. The molecule has 0 unspecified atom stereocenters. The summed E-state index contributed by atoms with van der Waals surface area (Å²) in [6.45, 7) is 0. The van der Waals surface area contributed by atoms with Crippen molar-refractivity contribution in [2.45, 2.75) is 0 Å². The fourth-order valence-corrected chi connectivity index (χ4v) is 7.85. The molecule has 0 N–H and O–H groups in total. The summed E-state index contributed by atoms with van der Waals surface area (Å²) in [4.78, 5) is 10.9. The second-order valence-electron chi connectivity index (χ2n) is 13.0. The van der Waals surface area contributed by atoms with Crippen molar-refractivity contribution in [1.29, 1.82) is 0 Å². The Hall–Kier alpha value is -6.78. The highest BCUT2D eigenvalue weighted by Crippen LogP contribution is 2.41. The van der Waals surface area contributed by atoms with Gasteiger partial charge in [-0.1, -0.05) is 127 Å². The fourth-order valence-electron chi connectivity index (χ4n) is 7.85. The molecular formula is C46H27N3O. The fraction of sp³-hybridized carbons (Fsp3) is 0. The third kappa shape index (κ3) is 3.93. The minimum atomic E-state index is 0.644. The van der Waals surface area contributed by atoms with Crippen LogP contribution in [-0.2, 0) is 0 Å². The van der Waals surface area contributed by atoms with Crippen LogP contribution in [0.5, 0.6) is 0 Å². The maximum atomic E-state index is 6.31. The molecule has 3 heterocycles. The van der Waals surface area contributed by atoms with Gasteiger partial charge in [0.25, 0.3) is 0 Å². The molecule has 11 aromatic rings. The number of furan rings is 1. The van der Waals surface area contributed by atoms with E-state index < -0.39 is 0 Å². The summed E-state index contributed by atoms with van der Waals surface area (Å²) < 4.78 is 8.55. The topological polar surface area (TPSA) is 43.9 Å². The summed E-state index contributed by atoms with van der Waals surface area (Å²) in [5.74, 6) is 0.644. The van der Waals surface area contributed by atoms with Crippen LogP contribution in [0.25, 0.3) is 105 Å². The number of rotatable bonds is 3. The van der Waals surface area contributed by atoms with Crippen LogP contribution in [0.4, 0.5) is 0 Å². The SMILES string of the molecule is c1ccc(-c2ccc(-c3nc(-n4c5ccccc5c5cc6ccc7oc8ccccc8c7c6cc54)nc4c3ccc3ccccc34)cc2)cc1. The normalized spacial score (nSPS) is 12.0. The molecule has 0 bridgehead atoms. The lowest BCUT2D eigenvalue weighted by Gasteiger charge is -2.14. The van der Waals surface area contributed by atoms with Gasteiger partial charge in [0.2, 0.25) is 5.95 Å². The number of fused-ring (bicyclic) bond motifs is 11. The van der Waals surface area contributed by atoms with E-state index in [2.05, 4.69) is 150 Å². The van der Waals surface area contributed by atoms with E-state index in [0.717, 1.165) is 82.1 Å². The van der Waals surface area contributed by atoms with Crippen molar-refractivity contribution in [3.05, 3.63) is 164 Å². The van der Waals surface area contributed by atoms with Crippen LogP contribution >= 0.6 is 0 Å². The summed E-state index contributed by atoms with van der Waals surface area (Å²) in [5.41, 5.74) is 9.15. The van der Waals surface area contributed by atoms with Gasteiger partial charge >= 0.3 is 0 Å². The van der Waals surface area contributed by atoms with Gasteiger partial charge in [0.15, 0.2) is 0 Å². The molecule has 0 amide bonds. The van der Waals surface area contributed by atoms with E-state index in [1.165, 1.54) is 16.5 Å². The quantitative estimate of drug-likeness (QED) is 0.181. The number of para-hydroxylation sites is 2. The molecule has 232 valence electrons. The van der Waals surface area contributed by atoms with Crippen LogP contribution in [0.3, 0.4) is 0 Å². The second-order valence-corrected chi connectivity index (χ2v) is 13.0. The number of benzene rings is 8. The summed E-state index contributed by atoms with van der Waals surface area (Å²) in [5, 5.41) is 10.2. The second kappa shape index (κ2) is 10.4. The molecular weight excluding hydrogens is 611 g/mol. The first-order valence-corrected chi connectivity index (χ1v) is 16.9. The molecule has 3 aromatic heterocycles. The Morgan fingerprint density at radius 3 is 1.98 bits per heavy atom. The highest BCUT2D eigenvalue weighted by molar-refractivity contribution is 6.23. The molecule has 8 aromatic carbocycles. The van der Waals surface area contributed by atoms with Gasteiger partial charge in [0.05, 0.1) is 22.2 Å². The molecule has 0 fully saturated rings. The number of hydrogen-bond acceptors (Lipinski definition) is 3. The molecule has 0 saturated carbocycles. The lowest BCUT2D eigenvalue weighted by molar-refractivity contribution is 0.669. The van der Waals surface area contributed by atoms with Crippen molar-refractivity contribution in [3.8, 4) is 28.3 Å². The third-order valence-corrected chi connectivity index (χ3v) is 10.2. The summed E-state index contributed by atoms with van der Waals surface area (Å²) in [6, 6.07) is 57.8. The van der Waals surface area contributed by atoms with Gasteiger partial charge < -0.3 is 4.42 Å². The molecule has 0 saturated heterocycles. The van der Waals surface area contributed by atoms with Crippen LogP contribution in [0.2, 0.25) is 0 Å². The summed E-state index contributed by atoms with van der Waals surface area (Å²) in [7, 11) is 0. The Bertz CT molecular complexity index is 3140. The van der Waals surface area contributed by atoms with Crippen LogP contribution in [0, 0.1) is 0 Å². The summed E-state index contributed by atoms with van der Waals surface area (Å²) >= 11 is 0. The van der Waals surface area contributed by atoms with Crippen molar-refractivity contribution in [2.75, 3.05) is 0 Å². The lowest BCUT2D eigenvalue weighted by Crippen LogP contribution is -2.04. The minimum absolute atomic E-state index is 0.644. The van der Waals surface area contributed by atoms with Gasteiger partial charge in [0, 0.05) is 37.9 Å². The Labute approximate surface area is 286 Å². The van der Waals surface area contributed by atoms with Crippen molar-refractivity contribution in [3.63, 3.8) is 0 Å². The number of nitrogens with zero attached hydrogens (tertiary/aromatic N) is 3. The van der Waals surface area contributed by atoms with E-state index in [0.29, 0.717) is 5.95 Å². The van der Waals surface area contributed by atoms with E-state index in [-0.39, 0.29) is 0 Å². The molecule has 0 spiro atoms. The van der Waals surface area contributed by atoms with E-state index >= 15 is 0 Å². The third-order valence-electron chi connectivity index (χ3n) is 10.2. The average molecular weight is 638 g/mol. The largest absolute Gasteiger partial charge is 0.456 e. The van der Waals surface area contributed by atoms with Gasteiger partial charge in [-0.25, -0.2) is 9.97 Å². The molecule has 0 aliphatic rings. The Morgan fingerprint density at radius 2 is 1.10 bits per heavy atom. The zero-order valence-electron chi connectivity index (χ0n) is 26.8. The van der Waals surface area contributed by atoms with Gasteiger partial charge in [-0.05, 0) is 63.7 Å². The predicted octanol–water partition coefficient (Wildman–Crippen LogP) is 12.3. The number of hydrogen-bond donors (Lipinski definition) is 0. The summed E-state index contributed by atoms with van der Waals surface area (Å²) in [6.07, 6.45) is 0. The smallest absolute Gasteiger partial charge is 0.235 e. The monoisotopic (exact) mass is 637 g/mol. The highest BCUT2D eigenvalue weighted by Gasteiger charge is 2.20. The van der Waals surface area contributed by atoms with Crippen LogP contribution in [-0.4, -0.2) is 14.5 Å².